The number of aryl methyl sites for hydroxylation is 1. The summed E-state index contributed by atoms with van der Waals surface area (Å²) in [5.74, 6) is 0.552. The molecule has 0 aliphatic carbocycles. The highest BCUT2D eigenvalue weighted by molar-refractivity contribution is 7.19. The number of anilines is 2. The van der Waals surface area contributed by atoms with Gasteiger partial charge in [-0.2, -0.15) is 5.26 Å². The third-order valence-electron chi connectivity index (χ3n) is 8.14. The Bertz CT molecular complexity index is 1920. The average Bonchev–Trinajstić information content (AvgIpc) is 3.65. The minimum absolute atomic E-state index is 0.00874. The first-order valence-corrected chi connectivity index (χ1v) is 15.9. The molecule has 13 heteroatoms. The highest BCUT2D eigenvalue weighted by Crippen LogP contribution is 2.38. The largest absolute Gasteiger partial charge is 0.447 e. The monoisotopic (exact) mass is 641 g/mol. The summed E-state index contributed by atoms with van der Waals surface area (Å²) in [6, 6.07) is 13.0. The lowest BCUT2D eigenvalue weighted by Gasteiger charge is -2.33. The molecule has 0 radical (unpaired) electrons. The maximum Gasteiger partial charge on any atom is 0.415 e. The number of aromatic nitrogens is 3. The standard InChI is InChI=1S/C33H35N7O5S/c1-19-36-27-13-24(29-35-16-28(46-29)38(5)31(42)45-33(2,3)4)26(37-22-10-11-39-23(12-22)18-44-32(39)43)14-25(27)30(41)40(19)17-21-8-6-20(15-34)7-9-21/h6-9,13-14,16,22-23,37H,10-12,17-18H2,1-5H3/t22-,23-/m0/s1. The fourth-order valence-corrected chi connectivity index (χ4v) is 6.64. The summed E-state index contributed by atoms with van der Waals surface area (Å²) in [5, 5.41) is 14.5. The van der Waals surface area contributed by atoms with E-state index in [4.69, 9.17) is 19.7 Å². The molecule has 2 fully saturated rings. The van der Waals surface area contributed by atoms with Crippen molar-refractivity contribution in [1.29, 1.82) is 5.26 Å². The molecule has 2 saturated heterocycles. The van der Waals surface area contributed by atoms with Crippen LogP contribution in [0.5, 0.6) is 0 Å². The number of nitriles is 1. The Morgan fingerprint density at radius 2 is 2.00 bits per heavy atom. The molecule has 2 amide bonds. The fraction of sp³-hybridized carbons (Fsp3) is 0.394. The molecule has 2 aliphatic heterocycles. The number of rotatable bonds is 6. The Morgan fingerprint density at radius 1 is 1.24 bits per heavy atom. The summed E-state index contributed by atoms with van der Waals surface area (Å²) in [5.41, 5.74) is 2.59. The van der Waals surface area contributed by atoms with Crippen molar-refractivity contribution in [3.8, 4) is 16.6 Å². The molecule has 2 aromatic carbocycles. The Morgan fingerprint density at radius 3 is 2.72 bits per heavy atom. The fourth-order valence-electron chi connectivity index (χ4n) is 5.75. The SMILES string of the molecule is Cc1nc2cc(-c3ncc(N(C)C(=O)OC(C)(C)C)s3)c(N[C@H]3CCN4C(=O)OC[C@@H]4C3)cc2c(=O)n1Cc1ccc(C#N)cc1. The van der Waals surface area contributed by atoms with Crippen LogP contribution in [0, 0.1) is 18.3 Å². The maximum absolute atomic E-state index is 13.9. The van der Waals surface area contributed by atoms with Gasteiger partial charge >= 0.3 is 12.2 Å². The van der Waals surface area contributed by atoms with E-state index < -0.39 is 11.7 Å². The summed E-state index contributed by atoms with van der Waals surface area (Å²) < 4.78 is 12.4. The van der Waals surface area contributed by atoms with Gasteiger partial charge in [-0.1, -0.05) is 23.5 Å². The van der Waals surface area contributed by atoms with Gasteiger partial charge in [0.05, 0.1) is 41.3 Å². The Balaban J connectivity index is 1.39. The van der Waals surface area contributed by atoms with Crippen molar-refractivity contribution in [2.75, 3.05) is 30.4 Å². The molecule has 0 spiro atoms. The van der Waals surface area contributed by atoms with Crippen LogP contribution in [0.2, 0.25) is 0 Å². The molecule has 2 atom stereocenters. The number of amides is 2. The van der Waals surface area contributed by atoms with Crippen molar-refractivity contribution in [1.82, 2.24) is 19.4 Å². The molecule has 1 N–H and O–H groups in total. The molecule has 2 aliphatic rings. The summed E-state index contributed by atoms with van der Waals surface area (Å²) >= 11 is 1.33. The van der Waals surface area contributed by atoms with E-state index in [-0.39, 0.29) is 23.7 Å². The molecule has 2 aromatic heterocycles. The van der Waals surface area contributed by atoms with Gasteiger partial charge in [0, 0.05) is 30.9 Å². The van der Waals surface area contributed by atoms with Crippen LogP contribution in [0.15, 0.2) is 47.4 Å². The van der Waals surface area contributed by atoms with E-state index in [9.17, 15) is 14.4 Å². The van der Waals surface area contributed by atoms with Crippen LogP contribution in [-0.4, -0.2) is 69.5 Å². The molecule has 0 bridgehead atoms. The lowest BCUT2D eigenvalue weighted by atomic mass is 9.97. The van der Waals surface area contributed by atoms with E-state index in [1.165, 1.54) is 16.2 Å². The molecule has 4 aromatic rings. The lowest BCUT2D eigenvalue weighted by Crippen LogP contribution is -2.45. The van der Waals surface area contributed by atoms with E-state index >= 15 is 0 Å². The zero-order chi connectivity index (χ0) is 32.7. The van der Waals surface area contributed by atoms with Crippen LogP contribution in [0.4, 0.5) is 20.3 Å². The number of carbonyl (C=O) groups is 2. The quantitative estimate of drug-likeness (QED) is 0.288. The predicted molar refractivity (Wildman–Crippen MR) is 175 cm³/mol. The number of benzene rings is 2. The van der Waals surface area contributed by atoms with Crippen LogP contribution >= 0.6 is 11.3 Å². The number of nitrogens with one attached hydrogen (secondary N) is 1. The summed E-state index contributed by atoms with van der Waals surface area (Å²) in [4.78, 5) is 51.5. The third kappa shape index (κ3) is 6.25. The molecule has 0 unspecified atom stereocenters. The number of hydrogen-bond donors (Lipinski definition) is 1. The molecule has 12 nitrogen and oxygen atoms in total. The second-order valence-electron chi connectivity index (χ2n) is 12.6. The van der Waals surface area contributed by atoms with Crippen LogP contribution in [-0.2, 0) is 16.0 Å². The summed E-state index contributed by atoms with van der Waals surface area (Å²) in [6.45, 7) is 8.49. The van der Waals surface area contributed by atoms with Crippen LogP contribution in [0.25, 0.3) is 21.5 Å². The first-order valence-electron chi connectivity index (χ1n) is 15.1. The first-order chi connectivity index (χ1) is 21.9. The number of ether oxygens (including phenoxy) is 2. The van der Waals surface area contributed by atoms with Crippen molar-refractivity contribution in [2.24, 2.45) is 0 Å². The van der Waals surface area contributed by atoms with Crippen molar-refractivity contribution >= 4 is 45.1 Å². The highest BCUT2D eigenvalue weighted by atomic mass is 32.1. The van der Waals surface area contributed by atoms with Gasteiger partial charge in [0.15, 0.2) is 0 Å². The lowest BCUT2D eigenvalue weighted by molar-refractivity contribution is 0.0590. The number of nitrogens with zero attached hydrogens (tertiary/aromatic N) is 6. The Hall–Kier alpha value is -4.96. The van der Waals surface area contributed by atoms with Gasteiger partial charge in [0.25, 0.3) is 5.56 Å². The van der Waals surface area contributed by atoms with Crippen molar-refractivity contribution in [2.45, 2.75) is 64.8 Å². The number of piperidine rings is 1. The minimum atomic E-state index is -0.643. The normalized spacial score (nSPS) is 17.7. The number of fused-ring (bicyclic) bond motifs is 2. The molecular weight excluding hydrogens is 606 g/mol. The topological polar surface area (TPSA) is 143 Å². The molecule has 4 heterocycles. The Kier molecular flexibility index (Phi) is 8.16. The van der Waals surface area contributed by atoms with E-state index in [1.807, 2.05) is 45.0 Å². The van der Waals surface area contributed by atoms with Crippen molar-refractivity contribution in [3.05, 3.63) is 69.9 Å². The second-order valence-corrected chi connectivity index (χ2v) is 13.6. The molecule has 46 heavy (non-hydrogen) atoms. The summed E-state index contributed by atoms with van der Waals surface area (Å²) in [6.07, 6.45) is 2.28. The smallest absolute Gasteiger partial charge is 0.415 e. The minimum Gasteiger partial charge on any atom is -0.447 e. The number of carbonyl (C=O) groups excluding carboxylic acids is 2. The third-order valence-corrected chi connectivity index (χ3v) is 9.25. The van der Waals surface area contributed by atoms with Crippen LogP contribution < -0.4 is 15.8 Å². The van der Waals surface area contributed by atoms with Crippen molar-refractivity contribution < 1.29 is 19.1 Å². The van der Waals surface area contributed by atoms with Gasteiger partial charge in [-0.25, -0.2) is 19.6 Å². The zero-order valence-corrected chi connectivity index (χ0v) is 27.2. The van der Waals surface area contributed by atoms with Gasteiger partial charge in [0.2, 0.25) is 0 Å². The first kappa shape index (κ1) is 31.0. The van der Waals surface area contributed by atoms with Gasteiger partial charge in [0.1, 0.15) is 28.0 Å². The van der Waals surface area contributed by atoms with E-state index in [1.54, 1.807) is 41.8 Å². The molecule has 238 valence electrons. The van der Waals surface area contributed by atoms with E-state index in [2.05, 4.69) is 16.4 Å². The maximum atomic E-state index is 13.9. The predicted octanol–water partition coefficient (Wildman–Crippen LogP) is 5.51. The molecule has 6 rings (SSSR count). The van der Waals surface area contributed by atoms with E-state index in [0.29, 0.717) is 70.5 Å². The van der Waals surface area contributed by atoms with Crippen molar-refractivity contribution in [3.63, 3.8) is 0 Å². The molecular formula is C33H35N7O5S. The summed E-state index contributed by atoms with van der Waals surface area (Å²) in [7, 11) is 1.64. The van der Waals surface area contributed by atoms with Gasteiger partial charge in [-0.3, -0.25) is 14.3 Å². The highest BCUT2D eigenvalue weighted by Gasteiger charge is 2.38. The molecule has 0 saturated carbocycles. The van der Waals surface area contributed by atoms with Gasteiger partial charge < -0.3 is 19.7 Å². The van der Waals surface area contributed by atoms with Gasteiger partial charge in [-0.15, -0.1) is 0 Å². The van der Waals surface area contributed by atoms with Crippen LogP contribution in [0.1, 0.15) is 50.6 Å². The second kappa shape index (κ2) is 12.1. The average molecular weight is 642 g/mol. The number of thiazole rings is 1. The number of hydrogen-bond acceptors (Lipinski definition) is 10. The van der Waals surface area contributed by atoms with Crippen LogP contribution in [0.3, 0.4) is 0 Å². The zero-order valence-electron chi connectivity index (χ0n) is 26.4. The number of cyclic esters (lactones) is 1. The van der Waals surface area contributed by atoms with Gasteiger partial charge in [-0.05, 0) is 70.4 Å². The van der Waals surface area contributed by atoms with E-state index in [0.717, 1.165) is 11.1 Å². The Labute approximate surface area is 270 Å².